The maximum Gasteiger partial charge on any atom is 0.326 e. The van der Waals surface area contributed by atoms with Gasteiger partial charge in [0.05, 0.1) is 18.7 Å². The molecule has 1 fully saturated rings. The van der Waals surface area contributed by atoms with Gasteiger partial charge in [-0.2, -0.15) is 0 Å². The molecule has 5 rings (SSSR count). The minimum absolute atomic E-state index is 0.00913. The van der Waals surface area contributed by atoms with Gasteiger partial charge in [-0.05, 0) is 24.5 Å². The highest BCUT2D eigenvalue weighted by molar-refractivity contribution is 5.95. The maximum absolute atomic E-state index is 14.0. The molecule has 4 atom stereocenters. The Morgan fingerprint density at radius 1 is 0.976 bits per heavy atom. The number of nitrogens with one attached hydrogen (secondary N) is 5. The largest absolute Gasteiger partial charge is 0.480 e. The molecule has 4 unspecified atom stereocenters. The number of imidazole rings is 2. The van der Waals surface area contributed by atoms with E-state index in [9.17, 15) is 24.3 Å². The Labute approximate surface area is 240 Å². The van der Waals surface area contributed by atoms with Crippen LogP contribution in [0.15, 0.2) is 55.5 Å². The van der Waals surface area contributed by atoms with Crippen molar-refractivity contribution in [2.45, 2.75) is 56.3 Å². The highest BCUT2D eigenvalue weighted by Crippen LogP contribution is 2.23. The molecule has 0 saturated carbocycles. The van der Waals surface area contributed by atoms with Gasteiger partial charge in [0.25, 0.3) is 0 Å². The number of likely N-dealkylation sites (tertiary alicyclic amines) is 1. The van der Waals surface area contributed by atoms with Crippen molar-refractivity contribution in [3.05, 3.63) is 72.5 Å². The van der Waals surface area contributed by atoms with E-state index in [0.29, 0.717) is 24.2 Å². The number of nitrogens with zero attached hydrogens (tertiary/aromatic N) is 3. The summed E-state index contributed by atoms with van der Waals surface area (Å²) in [6.45, 7) is 0.287. The fraction of sp³-hybridized carbons (Fsp3) is 0.357. The molecular weight excluding hydrogens is 542 g/mol. The van der Waals surface area contributed by atoms with E-state index in [1.165, 1.54) is 23.8 Å². The molecule has 14 nitrogen and oxygen atoms in total. The van der Waals surface area contributed by atoms with Gasteiger partial charge >= 0.3 is 5.97 Å². The zero-order chi connectivity index (χ0) is 29.6. The quantitative estimate of drug-likeness (QED) is 0.122. The summed E-state index contributed by atoms with van der Waals surface area (Å²) in [6, 6.07) is 3.56. The van der Waals surface area contributed by atoms with E-state index in [0.717, 1.165) is 16.5 Å². The van der Waals surface area contributed by atoms with Crippen molar-refractivity contribution in [3.8, 4) is 0 Å². The second-order valence-electron chi connectivity index (χ2n) is 10.4. The lowest BCUT2D eigenvalue weighted by Crippen LogP contribution is -2.57. The zero-order valence-electron chi connectivity index (χ0n) is 22.7. The fourth-order valence-corrected chi connectivity index (χ4v) is 5.31. The van der Waals surface area contributed by atoms with E-state index >= 15 is 0 Å². The topological polar surface area (TPSA) is 215 Å². The predicted molar refractivity (Wildman–Crippen MR) is 151 cm³/mol. The summed E-state index contributed by atoms with van der Waals surface area (Å²) < 4.78 is 0. The van der Waals surface area contributed by atoms with Crippen molar-refractivity contribution in [1.29, 1.82) is 0 Å². The number of nitrogens with two attached hydrogens (primary N) is 1. The number of carboxylic acid groups (broad SMARTS) is 1. The van der Waals surface area contributed by atoms with Gasteiger partial charge in [-0.15, -0.1) is 0 Å². The van der Waals surface area contributed by atoms with E-state index in [4.69, 9.17) is 5.73 Å². The van der Waals surface area contributed by atoms with Crippen LogP contribution in [0, 0.1) is 0 Å². The van der Waals surface area contributed by atoms with Crippen LogP contribution in [0.4, 0.5) is 0 Å². The van der Waals surface area contributed by atoms with Crippen LogP contribution in [-0.4, -0.2) is 89.3 Å². The minimum atomic E-state index is -1.21. The Hall–Kier alpha value is -4.98. The van der Waals surface area contributed by atoms with Crippen LogP contribution in [-0.2, 0) is 38.4 Å². The number of rotatable bonds is 12. The van der Waals surface area contributed by atoms with Crippen molar-refractivity contribution >= 4 is 34.6 Å². The van der Waals surface area contributed by atoms with E-state index in [1.807, 2.05) is 24.3 Å². The third-order valence-electron chi connectivity index (χ3n) is 7.48. The van der Waals surface area contributed by atoms with Gasteiger partial charge < -0.3 is 41.3 Å². The van der Waals surface area contributed by atoms with Crippen molar-refractivity contribution in [2.24, 2.45) is 5.73 Å². The summed E-state index contributed by atoms with van der Waals surface area (Å²) in [5, 5.41) is 16.0. The first-order valence-electron chi connectivity index (χ1n) is 13.7. The number of aliphatic carboxylic acids is 1. The number of H-pyrrole nitrogens is 3. The molecule has 0 spiro atoms. The van der Waals surface area contributed by atoms with Gasteiger partial charge in [-0.25, -0.2) is 14.8 Å². The average molecular weight is 576 g/mol. The van der Waals surface area contributed by atoms with Crippen LogP contribution in [0.1, 0.15) is 29.8 Å². The van der Waals surface area contributed by atoms with Gasteiger partial charge in [0.15, 0.2) is 0 Å². The number of aromatic nitrogens is 5. The number of benzene rings is 1. The molecule has 220 valence electrons. The standard InChI is InChI=1S/C28H33N9O5/c29-20(9-17-12-30-14-33-17)25(38)35-22(8-16-11-32-21-5-2-1-4-19(16)21)27(40)37-7-3-6-24(37)26(39)36-23(28(41)42)10-18-13-31-15-34-18/h1-2,4-5,11-15,20,22-24,32H,3,6-10,29H2,(H,30,33)(H,31,34)(H,35,38)(H,36,39)(H,41,42). The second-order valence-corrected chi connectivity index (χ2v) is 10.4. The number of hydrogen-bond donors (Lipinski definition) is 7. The summed E-state index contributed by atoms with van der Waals surface area (Å²) in [6.07, 6.45) is 9.06. The molecule has 8 N–H and O–H groups in total. The molecule has 0 radical (unpaired) electrons. The molecule has 4 aromatic rings. The van der Waals surface area contributed by atoms with Crippen LogP contribution in [0.2, 0.25) is 0 Å². The normalized spacial score (nSPS) is 17.1. The Morgan fingerprint density at radius 2 is 1.69 bits per heavy atom. The number of amides is 3. The lowest BCUT2D eigenvalue weighted by atomic mass is 10.0. The number of para-hydroxylation sites is 1. The van der Waals surface area contributed by atoms with Crippen LogP contribution in [0.25, 0.3) is 10.9 Å². The first-order valence-corrected chi connectivity index (χ1v) is 13.7. The van der Waals surface area contributed by atoms with Crippen LogP contribution in [0.5, 0.6) is 0 Å². The van der Waals surface area contributed by atoms with Crippen molar-refractivity contribution in [3.63, 3.8) is 0 Å². The third-order valence-corrected chi connectivity index (χ3v) is 7.48. The summed E-state index contributed by atoms with van der Waals surface area (Å²) >= 11 is 0. The van der Waals surface area contributed by atoms with E-state index < -0.39 is 47.9 Å². The first-order chi connectivity index (χ1) is 20.3. The first kappa shape index (κ1) is 28.5. The molecule has 3 aromatic heterocycles. The summed E-state index contributed by atoms with van der Waals surface area (Å²) in [5.74, 6) is -2.74. The monoisotopic (exact) mass is 575 g/mol. The molecule has 4 heterocycles. The van der Waals surface area contributed by atoms with Gasteiger partial charge in [0.2, 0.25) is 17.7 Å². The lowest BCUT2D eigenvalue weighted by Gasteiger charge is -2.30. The highest BCUT2D eigenvalue weighted by Gasteiger charge is 2.39. The fourth-order valence-electron chi connectivity index (χ4n) is 5.31. The van der Waals surface area contributed by atoms with E-state index in [1.54, 1.807) is 12.4 Å². The predicted octanol–water partition coefficient (Wildman–Crippen LogP) is 0.0145. The van der Waals surface area contributed by atoms with Crippen LogP contribution in [0.3, 0.4) is 0 Å². The molecule has 14 heteroatoms. The highest BCUT2D eigenvalue weighted by atomic mass is 16.4. The Kier molecular flexibility index (Phi) is 8.62. The van der Waals surface area contributed by atoms with Crippen LogP contribution >= 0.6 is 0 Å². The van der Waals surface area contributed by atoms with E-state index in [2.05, 4.69) is 35.6 Å². The third kappa shape index (κ3) is 6.49. The molecular formula is C28H33N9O5. The van der Waals surface area contributed by atoms with Gasteiger partial charge in [0, 0.05) is 66.7 Å². The summed E-state index contributed by atoms with van der Waals surface area (Å²) in [5.41, 5.74) is 9.10. The second kappa shape index (κ2) is 12.7. The van der Waals surface area contributed by atoms with Crippen LogP contribution < -0.4 is 16.4 Å². The lowest BCUT2D eigenvalue weighted by molar-refractivity contribution is -0.144. The van der Waals surface area contributed by atoms with Gasteiger partial charge in [0.1, 0.15) is 18.1 Å². The molecule has 1 aromatic carbocycles. The number of carboxylic acids is 1. The van der Waals surface area contributed by atoms with Gasteiger partial charge in [-0.3, -0.25) is 14.4 Å². The number of hydrogen-bond acceptors (Lipinski definition) is 7. The Bertz CT molecular complexity index is 1530. The van der Waals surface area contributed by atoms with Crippen molar-refractivity contribution in [2.75, 3.05) is 6.54 Å². The number of fused-ring (bicyclic) bond motifs is 1. The number of carbonyl (C=O) groups is 4. The molecule has 1 saturated heterocycles. The number of aromatic amines is 3. The maximum atomic E-state index is 14.0. The average Bonchev–Trinajstić information content (AvgIpc) is 3.80. The SMILES string of the molecule is NC(Cc1cnc[nH]1)C(=O)NC(Cc1c[nH]c2ccccc12)C(=O)N1CCCC1C(=O)NC(Cc1cnc[nH]1)C(=O)O. The molecule has 1 aliphatic rings. The Morgan fingerprint density at radius 3 is 2.38 bits per heavy atom. The zero-order valence-corrected chi connectivity index (χ0v) is 22.7. The number of carbonyl (C=O) groups excluding carboxylic acids is 3. The molecule has 1 aliphatic heterocycles. The van der Waals surface area contributed by atoms with Gasteiger partial charge in [-0.1, -0.05) is 18.2 Å². The molecule has 0 aliphatic carbocycles. The molecule has 3 amide bonds. The minimum Gasteiger partial charge on any atom is -0.480 e. The van der Waals surface area contributed by atoms with E-state index in [-0.39, 0.29) is 25.8 Å². The summed E-state index contributed by atoms with van der Waals surface area (Å²) in [4.78, 5) is 70.6. The van der Waals surface area contributed by atoms with Crippen molar-refractivity contribution < 1.29 is 24.3 Å². The Balaban J connectivity index is 1.34. The summed E-state index contributed by atoms with van der Waals surface area (Å²) in [7, 11) is 0. The van der Waals surface area contributed by atoms with Crippen molar-refractivity contribution in [1.82, 2.24) is 40.5 Å². The smallest absolute Gasteiger partial charge is 0.326 e. The molecule has 42 heavy (non-hydrogen) atoms. The molecule has 0 bridgehead atoms.